The monoisotopic (exact) mass is 309 g/mol. The van der Waals surface area contributed by atoms with Gasteiger partial charge in [0.15, 0.2) is 6.61 Å². The van der Waals surface area contributed by atoms with E-state index in [4.69, 9.17) is 14.7 Å². The topological polar surface area (TPSA) is 83.7 Å². The number of ether oxygens (including phenoxy) is 2. The molecule has 2 rings (SSSR count). The summed E-state index contributed by atoms with van der Waals surface area (Å²) < 4.78 is 10.5. The molecule has 0 saturated carbocycles. The molecule has 0 radical (unpaired) electrons. The largest absolute Gasteiger partial charge is 0.496 e. The summed E-state index contributed by atoms with van der Waals surface area (Å²) >= 11 is 0. The van der Waals surface area contributed by atoms with Crippen LogP contribution in [-0.2, 0) is 4.79 Å². The summed E-state index contributed by atoms with van der Waals surface area (Å²) in [7, 11) is 1.56. The molecule has 0 bridgehead atoms. The first-order valence-electron chi connectivity index (χ1n) is 6.81. The number of carbonyl (C=O) groups is 1. The van der Waals surface area contributed by atoms with E-state index in [0.717, 1.165) is 5.56 Å². The lowest BCUT2D eigenvalue weighted by Gasteiger charge is -2.06. The van der Waals surface area contributed by atoms with Gasteiger partial charge in [0.2, 0.25) is 0 Å². The van der Waals surface area contributed by atoms with Crippen LogP contribution >= 0.6 is 0 Å². The molecule has 1 N–H and O–H groups in total. The minimum atomic E-state index is -0.427. The zero-order valence-electron chi connectivity index (χ0n) is 12.5. The SMILES string of the molecule is COc1ccccc1/C=N\NC(=O)COc1ccccc1C#N. The zero-order valence-corrected chi connectivity index (χ0v) is 12.5. The maximum absolute atomic E-state index is 11.7. The number of amides is 1. The van der Waals surface area contributed by atoms with E-state index in [-0.39, 0.29) is 6.61 Å². The number of nitriles is 1. The Morgan fingerprint density at radius 3 is 2.65 bits per heavy atom. The zero-order chi connectivity index (χ0) is 16.5. The number of benzene rings is 2. The normalized spacial score (nSPS) is 10.1. The standard InChI is InChI=1S/C17H15N3O3/c1-22-15-8-4-3-7-14(15)11-19-20-17(21)12-23-16-9-5-2-6-13(16)10-18/h2-9,11H,12H2,1H3,(H,20,21)/b19-11-. The summed E-state index contributed by atoms with van der Waals surface area (Å²) in [5.41, 5.74) is 3.47. The van der Waals surface area contributed by atoms with Crippen LogP contribution in [0.15, 0.2) is 53.6 Å². The van der Waals surface area contributed by atoms with Crippen LogP contribution in [0.2, 0.25) is 0 Å². The van der Waals surface area contributed by atoms with Crippen molar-refractivity contribution in [1.29, 1.82) is 5.26 Å². The van der Waals surface area contributed by atoms with Gasteiger partial charge in [0.05, 0.1) is 18.9 Å². The molecule has 0 aliphatic carbocycles. The van der Waals surface area contributed by atoms with Crippen molar-refractivity contribution in [2.24, 2.45) is 5.10 Å². The number of nitrogens with zero attached hydrogens (tertiary/aromatic N) is 2. The van der Waals surface area contributed by atoms with Gasteiger partial charge in [-0.25, -0.2) is 5.43 Å². The lowest BCUT2D eigenvalue weighted by molar-refractivity contribution is -0.123. The predicted octanol–water partition coefficient (Wildman–Crippen LogP) is 2.10. The highest BCUT2D eigenvalue weighted by Gasteiger charge is 2.05. The van der Waals surface area contributed by atoms with Gasteiger partial charge < -0.3 is 9.47 Å². The first-order chi connectivity index (χ1) is 11.2. The second-order valence-corrected chi connectivity index (χ2v) is 4.43. The van der Waals surface area contributed by atoms with E-state index in [1.165, 1.54) is 6.21 Å². The molecule has 0 fully saturated rings. The number of hydrazone groups is 1. The van der Waals surface area contributed by atoms with Crippen LogP contribution < -0.4 is 14.9 Å². The second-order valence-electron chi connectivity index (χ2n) is 4.43. The lowest BCUT2D eigenvalue weighted by Crippen LogP contribution is -2.24. The third-order valence-corrected chi connectivity index (χ3v) is 2.90. The fraction of sp³-hybridized carbons (Fsp3) is 0.118. The van der Waals surface area contributed by atoms with Gasteiger partial charge in [-0.3, -0.25) is 4.79 Å². The fourth-order valence-corrected chi connectivity index (χ4v) is 1.81. The Bertz CT molecular complexity index is 751. The fourth-order valence-electron chi connectivity index (χ4n) is 1.81. The average molecular weight is 309 g/mol. The summed E-state index contributed by atoms with van der Waals surface area (Å²) in [6.45, 7) is -0.234. The first kappa shape index (κ1) is 16.0. The van der Waals surface area contributed by atoms with Crippen molar-refractivity contribution in [3.05, 3.63) is 59.7 Å². The Hall–Kier alpha value is -3.33. The molecule has 2 aromatic rings. The molecule has 2 aromatic carbocycles. The molecule has 116 valence electrons. The first-order valence-corrected chi connectivity index (χ1v) is 6.81. The van der Waals surface area contributed by atoms with Crippen molar-refractivity contribution in [1.82, 2.24) is 5.43 Å². The molecular formula is C17H15N3O3. The number of hydrogen-bond donors (Lipinski definition) is 1. The van der Waals surface area contributed by atoms with Gasteiger partial charge in [0, 0.05) is 5.56 Å². The lowest BCUT2D eigenvalue weighted by atomic mass is 10.2. The molecule has 6 nitrogen and oxygen atoms in total. The molecule has 1 amide bonds. The van der Waals surface area contributed by atoms with Crippen LogP contribution in [0.25, 0.3) is 0 Å². The molecule has 0 aliphatic rings. The number of carbonyl (C=O) groups excluding carboxylic acids is 1. The Labute approximate surface area is 134 Å². The van der Waals surface area contributed by atoms with Gasteiger partial charge in [-0.05, 0) is 24.3 Å². The maximum atomic E-state index is 11.7. The van der Waals surface area contributed by atoms with Gasteiger partial charge in [0.25, 0.3) is 5.91 Å². The highest BCUT2D eigenvalue weighted by Crippen LogP contribution is 2.16. The minimum absolute atomic E-state index is 0.234. The number of methoxy groups -OCH3 is 1. The van der Waals surface area contributed by atoms with Crippen molar-refractivity contribution in [2.45, 2.75) is 0 Å². The molecule has 0 aliphatic heterocycles. The third-order valence-electron chi connectivity index (χ3n) is 2.90. The van der Waals surface area contributed by atoms with E-state index in [2.05, 4.69) is 10.5 Å². The third kappa shape index (κ3) is 4.58. The Kier molecular flexibility index (Phi) is 5.72. The summed E-state index contributed by atoms with van der Waals surface area (Å²) in [6, 6.07) is 16.0. The van der Waals surface area contributed by atoms with Crippen LogP contribution in [0.1, 0.15) is 11.1 Å². The summed E-state index contributed by atoms with van der Waals surface area (Å²) in [5.74, 6) is 0.590. The maximum Gasteiger partial charge on any atom is 0.277 e. The van der Waals surface area contributed by atoms with Crippen LogP contribution in [0, 0.1) is 11.3 Å². The van der Waals surface area contributed by atoms with E-state index in [9.17, 15) is 4.79 Å². The molecule has 0 unspecified atom stereocenters. The predicted molar refractivity (Wildman–Crippen MR) is 85.4 cm³/mol. The van der Waals surface area contributed by atoms with Crippen LogP contribution in [0.5, 0.6) is 11.5 Å². The molecule has 23 heavy (non-hydrogen) atoms. The molecule has 0 heterocycles. The molecule has 0 spiro atoms. The van der Waals surface area contributed by atoms with Gasteiger partial charge in [-0.2, -0.15) is 10.4 Å². The summed E-state index contributed by atoms with van der Waals surface area (Å²) in [6.07, 6.45) is 1.49. The van der Waals surface area contributed by atoms with Crippen molar-refractivity contribution >= 4 is 12.1 Å². The number of para-hydroxylation sites is 2. The van der Waals surface area contributed by atoms with Crippen molar-refractivity contribution in [3.63, 3.8) is 0 Å². The molecule has 0 saturated heterocycles. The number of hydrogen-bond acceptors (Lipinski definition) is 5. The van der Waals surface area contributed by atoms with Gasteiger partial charge >= 0.3 is 0 Å². The van der Waals surface area contributed by atoms with Crippen LogP contribution in [0.3, 0.4) is 0 Å². The van der Waals surface area contributed by atoms with Gasteiger partial charge in [0.1, 0.15) is 17.6 Å². The quantitative estimate of drug-likeness (QED) is 0.654. The molecule has 0 atom stereocenters. The Morgan fingerprint density at radius 2 is 1.91 bits per heavy atom. The average Bonchev–Trinajstić information content (AvgIpc) is 2.60. The van der Waals surface area contributed by atoms with E-state index in [0.29, 0.717) is 17.1 Å². The molecule has 6 heteroatoms. The van der Waals surface area contributed by atoms with Gasteiger partial charge in [-0.1, -0.05) is 24.3 Å². The van der Waals surface area contributed by atoms with Gasteiger partial charge in [-0.15, -0.1) is 0 Å². The highest BCUT2D eigenvalue weighted by atomic mass is 16.5. The van der Waals surface area contributed by atoms with Crippen molar-refractivity contribution < 1.29 is 14.3 Å². The Balaban J connectivity index is 1.88. The minimum Gasteiger partial charge on any atom is -0.496 e. The highest BCUT2D eigenvalue weighted by molar-refractivity contribution is 5.85. The molecular weight excluding hydrogens is 294 g/mol. The number of nitrogens with one attached hydrogen (secondary N) is 1. The van der Waals surface area contributed by atoms with Crippen molar-refractivity contribution in [2.75, 3.05) is 13.7 Å². The van der Waals surface area contributed by atoms with Crippen molar-refractivity contribution in [3.8, 4) is 17.6 Å². The summed E-state index contributed by atoms with van der Waals surface area (Å²) in [5, 5.41) is 12.8. The number of rotatable bonds is 6. The van der Waals surface area contributed by atoms with E-state index >= 15 is 0 Å². The molecule has 0 aromatic heterocycles. The smallest absolute Gasteiger partial charge is 0.277 e. The summed E-state index contributed by atoms with van der Waals surface area (Å²) in [4.78, 5) is 11.7. The van der Waals surface area contributed by atoms with E-state index in [1.807, 2.05) is 24.3 Å². The Morgan fingerprint density at radius 1 is 1.22 bits per heavy atom. The van der Waals surface area contributed by atoms with Crippen LogP contribution in [0.4, 0.5) is 0 Å². The second kappa shape index (κ2) is 8.20. The van der Waals surface area contributed by atoms with E-state index < -0.39 is 5.91 Å². The van der Waals surface area contributed by atoms with E-state index in [1.54, 1.807) is 37.4 Å². The van der Waals surface area contributed by atoms with Crippen LogP contribution in [-0.4, -0.2) is 25.8 Å².